The van der Waals surface area contributed by atoms with Crippen molar-refractivity contribution < 1.29 is 27.1 Å². The Bertz CT molecular complexity index is 1510. The van der Waals surface area contributed by atoms with E-state index < -0.39 is 39.6 Å². The summed E-state index contributed by atoms with van der Waals surface area (Å²) in [7, 11) is -3.80. The molecule has 0 spiro atoms. The first-order chi connectivity index (χ1) is 17.8. The molecule has 4 aromatic rings. The molecule has 0 aromatic heterocycles. The second-order valence-electron chi connectivity index (χ2n) is 8.44. The Balaban J connectivity index is 1.46. The molecule has 0 radical (unpaired) electrons. The molecule has 0 saturated carbocycles. The van der Waals surface area contributed by atoms with Crippen molar-refractivity contribution in [1.82, 2.24) is 0 Å². The number of carbonyl (C=O) groups is 1. The Hall–Kier alpha value is -3.88. The van der Waals surface area contributed by atoms with Gasteiger partial charge in [0.2, 0.25) is 0 Å². The van der Waals surface area contributed by atoms with E-state index in [1.807, 2.05) is 0 Å². The van der Waals surface area contributed by atoms with Crippen LogP contribution in [0.1, 0.15) is 11.6 Å². The summed E-state index contributed by atoms with van der Waals surface area (Å²) in [5.74, 6) is 0.136. The van der Waals surface area contributed by atoms with E-state index in [1.165, 1.54) is 35.2 Å². The van der Waals surface area contributed by atoms with E-state index in [0.29, 0.717) is 27.8 Å². The molecule has 0 unspecified atom stereocenters. The van der Waals surface area contributed by atoms with Gasteiger partial charge in [-0.2, -0.15) is 0 Å². The molecule has 188 valence electrons. The zero-order chi connectivity index (χ0) is 26.0. The lowest BCUT2D eigenvalue weighted by molar-refractivity contribution is 0.143. The lowest BCUT2D eigenvalue weighted by atomic mass is 10.0. The lowest BCUT2D eigenvalue weighted by Crippen LogP contribution is -2.32. The number of anilines is 1. The molecule has 1 fully saturated rings. The van der Waals surface area contributed by atoms with Crippen LogP contribution in [0.25, 0.3) is 0 Å². The van der Waals surface area contributed by atoms with E-state index in [4.69, 9.17) is 21.1 Å². The van der Waals surface area contributed by atoms with Gasteiger partial charge in [-0.1, -0.05) is 41.9 Å². The number of rotatable bonds is 7. The van der Waals surface area contributed by atoms with Crippen LogP contribution in [0.2, 0.25) is 5.02 Å². The van der Waals surface area contributed by atoms with Crippen LogP contribution in [0, 0.1) is 5.82 Å². The number of sulfone groups is 1. The van der Waals surface area contributed by atoms with E-state index in [2.05, 4.69) is 0 Å². The molecule has 0 N–H and O–H groups in total. The number of nitrogens with zero attached hydrogens (tertiary/aromatic N) is 1. The maximum Gasteiger partial charge on any atom is 0.415 e. The second kappa shape index (κ2) is 10.2. The van der Waals surface area contributed by atoms with Gasteiger partial charge in [-0.15, -0.1) is 0 Å². The summed E-state index contributed by atoms with van der Waals surface area (Å²) in [5, 5.41) is 0.586. The normalized spacial score (nSPS) is 17.5. The first kappa shape index (κ1) is 24.8. The minimum absolute atomic E-state index is 0.117. The predicted molar refractivity (Wildman–Crippen MR) is 138 cm³/mol. The number of amides is 1. The zero-order valence-electron chi connectivity index (χ0n) is 19.3. The van der Waals surface area contributed by atoms with Gasteiger partial charge in [-0.05, 0) is 78.4 Å². The fraction of sp³-hybridized carbons (Fsp3) is 0.107. The number of carbonyl (C=O) groups excluding carboxylic acids is 1. The van der Waals surface area contributed by atoms with Gasteiger partial charge in [0.05, 0.1) is 10.6 Å². The van der Waals surface area contributed by atoms with Gasteiger partial charge >= 0.3 is 6.09 Å². The standard InChI is InChI=1S/C28H21ClFNO5S/c29-20-9-13-23(14-10-20)35-24-15-11-22(12-16-24)31-27(19-5-4-6-21(30)17-19)26(36-28(31)32)18-37(33,34)25-7-2-1-3-8-25/h1-17,26-27H,18H2/t26-,27-/m0/s1. The largest absolute Gasteiger partial charge is 0.457 e. The van der Waals surface area contributed by atoms with Gasteiger partial charge in [0, 0.05) is 10.7 Å². The molecule has 6 nitrogen and oxygen atoms in total. The van der Waals surface area contributed by atoms with Crippen LogP contribution in [0.5, 0.6) is 11.5 Å². The highest BCUT2D eigenvalue weighted by molar-refractivity contribution is 7.91. The fourth-order valence-electron chi connectivity index (χ4n) is 4.23. The Kier molecular flexibility index (Phi) is 6.86. The monoisotopic (exact) mass is 537 g/mol. The van der Waals surface area contributed by atoms with Gasteiger partial charge in [0.1, 0.15) is 29.5 Å². The number of halogens is 2. The van der Waals surface area contributed by atoms with E-state index in [1.54, 1.807) is 72.8 Å². The Morgan fingerprint density at radius 3 is 2.16 bits per heavy atom. The Morgan fingerprint density at radius 2 is 1.51 bits per heavy atom. The zero-order valence-corrected chi connectivity index (χ0v) is 20.9. The van der Waals surface area contributed by atoms with Crippen molar-refractivity contribution in [1.29, 1.82) is 0 Å². The Morgan fingerprint density at radius 1 is 0.865 bits per heavy atom. The predicted octanol–water partition coefficient (Wildman–Crippen LogP) is 6.81. The fourth-order valence-corrected chi connectivity index (χ4v) is 5.80. The molecule has 37 heavy (non-hydrogen) atoms. The third-order valence-corrected chi connectivity index (χ3v) is 7.93. The van der Waals surface area contributed by atoms with Gasteiger partial charge in [0.25, 0.3) is 0 Å². The summed E-state index contributed by atoms with van der Waals surface area (Å²) in [6.07, 6.45) is -1.79. The molecule has 1 heterocycles. The summed E-state index contributed by atoms with van der Waals surface area (Å²) >= 11 is 5.92. The maximum atomic E-state index is 14.2. The summed E-state index contributed by atoms with van der Waals surface area (Å²) in [6, 6.07) is 26.3. The number of ether oxygens (including phenoxy) is 2. The highest BCUT2D eigenvalue weighted by atomic mass is 35.5. The summed E-state index contributed by atoms with van der Waals surface area (Å²) < 4.78 is 51.8. The third-order valence-electron chi connectivity index (χ3n) is 5.92. The summed E-state index contributed by atoms with van der Waals surface area (Å²) in [6.45, 7) is 0. The van der Waals surface area contributed by atoms with Crippen molar-refractivity contribution in [2.75, 3.05) is 10.7 Å². The molecular weight excluding hydrogens is 517 g/mol. The summed E-state index contributed by atoms with van der Waals surface area (Å²) in [5.41, 5.74) is 0.864. The smallest absolute Gasteiger partial charge is 0.415 e. The molecule has 1 aliphatic heterocycles. The third kappa shape index (κ3) is 5.45. The molecule has 4 aromatic carbocycles. The van der Waals surface area contributed by atoms with Crippen LogP contribution in [-0.2, 0) is 14.6 Å². The highest BCUT2D eigenvalue weighted by Gasteiger charge is 2.46. The van der Waals surface area contributed by atoms with Gasteiger partial charge in [0.15, 0.2) is 9.84 Å². The summed E-state index contributed by atoms with van der Waals surface area (Å²) in [4.78, 5) is 14.5. The SMILES string of the molecule is O=C1O[C@@H](CS(=O)(=O)c2ccccc2)[C@H](c2cccc(F)c2)N1c1ccc(Oc2ccc(Cl)cc2)cc1. The first-order valence-electron chi connectivity index (χ1n) is 11.4. The number of hydrogen-bond acceptors (Lipinski definition) is 5. The van der Waals surface area contributed by atoms with Crippen LogP contribution in [0.3, 0.4) is 0 Å². The van der Waals surface area contributed by atoms with Crippen LogP contribution >= 0.6 is 11.6 Å². The van der Waals surface area contributed by atoms with E-state index >= 15 is 0 Å². The minimum atomic E-state index is -3.80. The van der Waals surface area contributed by atoms with E-state index in [0.717, 1.165) is 0 Å². The van der Waals surface area contributed by atoms with Gasteiger partial charge in [-0.3, -0.25) is 4.90 Å². The molecular formula is C28H21ClFNO5S. The number of cyclic esters (lactones) is 1. The molecule has 2 atom stereocenters. The van der Waals surface area contributed by atoms with Gasteiger partial charge < -0.3 is 9.47 Å². The molecule has 0 aliphatic carbocycles. The average molecular weight is 538 g/mol. The van der Waals surface area contributed by atoms with Crippen LogP contribution in [0.15, 0.2) is 108 Å². The van der Waals surface area contributed by atoms with Crippen molar-refractivity contribution in [3.05, 3.63) is 120 Å². The van der Waals surface area contributed by atoms with Crippen molar-refractivity contribution in [3.8, 4) is 11.5 Å². The van der Waals surface area contributed by atoms with Crippen LogP contribution in [-0.4, -0.2) is 26.4 Å². The molecule has 5 rings (SSSR count). The number of hydrogen-bond donors (Lipinski definition) is 0. The molecule has 0 bridgehead atoms. The molecule has 1 amide bonds. The maximum absolute atomic E-state index is 14.2. The van der Waals surface area contributed by atoms with Crippen molar-refractivity contribution in [2.24, 2.45) is 0 Å². The lowest BCUT2D eigenvalue weighted by Gasteiger charge is -2.25. The first-order valence-corrected chi connectivity index (χ1v) is 13.4. The van der Waals surface area contributed by atoms with Crippen LogP contribution in [0.4, 0.5) is 14.9 Å². The van der Waals surface area contributed by atoms with Gasteiger partial charge in [-0.25, -0.2) is 17.6 Å². The molecule has 9 heteroatoms. The highest BCUT2D eigenvalue weighted by Crippen LogP contribution is 2.39. The number of benzene rings is 4. The van der Waals surface area contributed by atoms with Crippen molar-refractivity contribution in [2.45, 2.75) is 17.0 Å². The average Bonchev–Trinajstić information content (AvgIpc) is 3.21. The quantitative estimate of drug-likeness (QED) is 0.259. The molecule has 1 aliphatic rings. The molecule has 1 saturated heterocycles. The van der Waals surface area contributed by atoms with Crippen molar-refractivity contribution in [3.63, 3.8) is 0 Å². The topological polar surface area (TPSA) is 72.9 Å². The minimum Gasteiger partial charge on any atom is -0.457 e. The van der Waals surface area contributed by atoms with Crippen LogP contribution < -0.4 is 9.64 Å². The second-order valence-corrected chi connectivity index (χ2v) is 10.9. The Labute approximate surface area is 218 Å². The van der Waals surface area contributed by atoms with E-state index in [9.17, 15) is 17.6 Å². The van der Waals surface area contributed by atoms with E-state index in [-0.39, 0.29) is 4.90 Å². The van der Waals surface area contributed by atoms with Crippen molar-refractivity contribution >= 4 is 33.2 Å².